The van der Waals surface area contributed by atoms with E-state index >= 15 is 0 Å². The smallest absolute Gasteiger partial charge is 0.0718 e. The summed E-state index contributed by atoms with van der Waals surface area (Å²) in [5.41, 5.74) is 1.18. The van der Waals surface area contributed by atoms with Crippen molar-refractivity contribution in [2.75, 3.05) is 63.9 Å². The molecule has 0 bridgehead atoms. The van der Waals surface area contributed by atoms with Crippen molar-refractivity contribution < 1.29 is 23.7 Å². The highest BCUT2D eigenvalue weighted by molar-refractivity contribution is 14.1. The Morgan fingerprint density at radius 3 is 1.56 bits per heavy atom. The van der Waals surface area contributed by atoms with E-state index in [2.05, 4.69) is 34.7 Å². The number of ether oxygens (including phenoxy) is 5. The molecule has 0 aromatic heterocycles. The van der Waals surface area contributed by atoms with Crippen LogP contribution in [-0.2, 0) is 30.3 Å². The van der Waals surface area contributed by atoms with Crippen LogP contribution in [-0.4, -0.2) is 63.9 Å². The Bertz CT molecular complexity index is 377. The lowest BCUT2D eigenvalue weighted by Crippen LogP contribution is -2.13. The fourth-order valence-corrected chi connectivity index (χ4v) is 2.48. The van der Waals surface area contributed by atoms with E-state index in [9.17, 15) is 0 Å². The average molecular weight is 466 g/mol. The third-order valence-corrected chi connectivity index (χ3v) is 4.03. The molecule has 0 amide bonds. The van der Waals surface area contributed by atoms with Gasteiger partial charge in [0.25, 0.3) is 0 Å². The zero-order valence-electron chi connectivity index (χ0n) is 15.0. The third-order valence-electron chi connectivity index (χ3n) is 3.27. The molecule has 6 heteroatoms. The maximum atomic E-state index is 5.54. The number of hydrogen-bond acceptors (Lipinski definition) is 5. The maximum Gasteiger partial charge on any atom is 0.0718 e. The Morgan fingerprint density at radius 1 is 0.560 bits per heavy atom. The lowest BCUT2D eigenvalue weighted by Gasteiger charge is -2.08. The first-order valence-corrected chi connectivity index (χ1v) is 10.4. The highest BCUT2D eigenvalue weighted by Crippen LogP contribution is 2.00. The normalized spacial score (nSPS) is 11.1. The van der Waals surface area contributed by atoms with Crippen LogP contribution in [0.4, 0.5) is 0 Å². The van der Waals surface area contributed by atoms with E-state index in [1.807, 2.05) is 18.2 Å². The van der Waals surface area contributed by atoms with Gasteiger partial charge < -0.3 is 23.7 Å². The van der Waals surface area contributed by atoms with Gasteiger partial charge in [0, 0.05) is 6.61 Å². The van der Waals surface area contributed by atoms with Gasteiger partial charge in [0.1, 0.15) is 0 Å². The van der Waals surface area contributed by atoms with Gasteiger partial charge in [-0.2, -0.15) is 0 Å². The molecule has 0 saturated carbocycles. The molecule has 1 aromatic rings. The number of benzene rings is 1. The second kappa shape index (κ2) is 18.5. The van der Waals surface area contributed by atoms with Crippen LogP contribution >= 0.6 is 22.6 Å². The Morgan fingerprint density at radius 2 is 1.04 bits per heavy atom. The summed E-state index contributed by atoms with van der Waals surface area (Å²) in [5, 5.41) is 0. The monoisotopic (exact) mass is 466 g/mol. The van der Waals surface area contributed by atoms with Crippen LogP contribution in [0.5, 0.6) is 0 Å². The molecule has 0 aliphatic carbocycles. The first-order chi connectivity index (χ1) is 12.4. The lowest BCUT2D eigenvalue weighted by molar-refractivity contribution is -0.0125. The van der Waals surface area contributed by atoms with Gasteiger partial charge in [-0.3, -0.25) is 0 Å². The molecule has 0 N–H and O–H groups in total. The summed E-state index contributed by atoms with van der Waals surface area (Å²) >= 11 is 2.38. The van der Waals surface area contributed by atoms with Gasteiger partial charge in [-0.05, 0) is 22.8 Å². The quantitative estimate of drug-likeness (QED) is 0.188. The van der Waals surface area contributed by atoms with Gasteiger partial charge in [-0.1, -0.05) is 52.9 Å². The standard InChI is InChI=1S/C19H31IO5/c20-8-4-5-9-21-10-11-22-12-13-23-14-15-24-16-17-25-18-19-6-2-1-3-7-19/h1-3,6-7H,4-5,8-18H2. The van der Waals surface area contributed by atoms with Crippen LogP contribution in [0.2, 0.25) is 0 Å². The number of hydrogen-bond donors (Lipinski definition) is 0. The second-order valence-electron chi connectivity index (χ2n) is 5.38. The maximum absolute atomic E-state index is 5.54. The molecule has 1 rings (SSSR count). The van der Waals surface area contributed by atoms with Crippen LogP contribution < -0.4 is 0 Å². The minimum absolute atomic E-state index is 0.578. The first kappa shape index (κ1) is 22.8. The van der Waals surface area contributed by atoms with E-state index in [4.69, 9.17) is 23.7 Å². The van der Waals surface area contributed by atoms with Crippen molar-refractivity contribution in [2.45, 2.75) is 19.4 Å². The van der Waals surface area contributed by atoms with Crippen molar-refractivity contribution in [3.05, 3.63) is 35.9 Å². The molecular weight excluding hydrogens is 435 g/mol. The minimum Gasteiger partial charge on any atom is -0.379 e. The number of unbranched alkanes of at least 4 members (excludes halogenated alkanes) is 1. The van der Waals surface area contributed by atoms with Gasteiger partial charge in [-0.25, -0.2) is 0 Å². The van der Waals surface area contributed by atoms with Crippen LogP contribution in [0.1, 0.15) is 18.4 Å². The van der Waals surface area contributed by atoms with Crippen molar-refractivity contribution in [1.29, 1.82) is 0 Å². The van der Waals surface area contributed by atoms with E-state index in [1.165, 1.54) is 16.4 Å². The van der Waals surface area contributed by atoms with Crippen molar-refractivity contribution in [2.24, 2.45) is 0 Å². The Hall–Kier alpha value is -0.250. The zero-order chi connectivity index (χ0) is 17.8. The first-order valence-electron chi connectivity index (χ1n) is 8.92. The highest BCUT2D eigenvalue weighted by Gasteiger charge is 1.94. The van der Waals surface area contributed by atoms with E-state index in [1.54, 1.807) is 0 Å². The summed E-state index contributed by atoms with van der Waals surface area (Å²) in [7, 11) is 0. The van der Waals surface area contributed by atoms with Crippen molar-refractivity contribution in [1.82, 2.24) is 0 Å². The largest absolute Gasteiger partial charge is 0.379 e. The molecule has 144 valence electrons. The third kappa shape index (κ3) is 15.7. The van der Waals surface area contributed by atoms with Crippen LogP contribution in [0.3, 0.4) is 0 Å². The molecule has 0 unspecified atom stereocenters. The van der Waals surface area contributed by atoms with Crippen molar-refractivity contribution in [3.8, 4) is 0 Å². The van der Waals surface area contributed by atoms with Gasteiger partial charge >= 0.3 is 0 Å². The summed E-state index contributed by atoms with van der Waals surface area (Å²) in [6.45, 7) is 6.26. The summed E-state index contributed by atoms with van der Waals surface area (Å²) in [5.74, 6) is 0. The van der Waals surface area contributed by atoms with E-state index in [0.717, 1.165) is 13.0 Å². The topological polar surface area (TPSA) is 46.2 Å². The fourth-order valence-electron chi connectivity index (χ4n) is 1.94. The molecule has 0 aliphatic heterocycles. The van der Waals surface area contributed by atoms with Gasteiger partial charge in [-0.15, -0.1) is 0 Å². The summed E-state index contributed by atoms with van der Waals surface area (Å²) < 4.78 is 28.5. The second-order valence-corrected chi connectivity index (χ2v) is 6.46. The van der Waals surface area contributed by atoms with Gasteiger partial charge in [0.15, 0.2) is 0 Å². The van der Waals surface area contributed by atoms with Crippen LogP contribution in [0.15, 0.2) is 30.3 Å². The SMILES string of the molecule is ICCCCOCCOCCOCCOCCOCc1ccccc1. The Kier molecular flexibility index (Phi) is 16.9. The molecule has 0 spiro atoms. The highest BCUT2D eigenvalue weighted by atomic mass is 127. The summed E-state index contributed by atoms with van der Waals surface area (Å²) in [6, 6.07) is 10.1. The average Bonchev–Trinajstić information content (AvgIpc) is 2.65. The molecule has 0 radical (unpaired) electrons. The summed E-state index contributed by atoms with van der Waals surface area (Å²) in [4.78, 5) is 0. The zero-order valence-corrected chi connectivity index (χ0v) is 17.2. The molecule has 0 fully saturated rings. The fraction of sp³-hybridized carbons (Fsp3) is 0.684. The van der Waals surface area contributed by atoms with Gasteiger partial charge in [0.2, 0.25) is 0 Å². The Balaban J connectivity index is 1.69. The van der Waals surface area contributed by atoms with Crippen molar-refractivity contribution in [3.63, 3.8) is 0 Å². The number of halogens is 1. The van der Waals surface area contributed by atoms with Crippen LogP contribution in [0, 0.1) is 0 Å². The predicted octanol–water partition coefficient (Wildman–Crippen LogP) is 3.48. The van der Waals surface area contributed by atoms with Crippen LogP contribution in [0.25, 0.3) is 0 Å². The van der Waals surface area contributed by atoms with Crippen molar-refractivity contribution >= 4 is 22.6 Å². The molecular formula is C19H31IO5. The van der Waals surface area contributed by atoms with E-state index in [0.29, 0.717) is 59.5 Å². The molecule has 1 aromatic carbocycles. The van der Waals surface area contributed by atoms with Gasteiger partial charge in [0.05, 0.1) is 59.5 Å². The summed E-state index contributed by atoms with van der Waals surface area (Å²) in [6.07, 6.45) is 2.35. The Labute approximate surface area is 165 Å². The molecule has 0 heterocycles. The molecule has 5 nitrogen and oxygen atoms in total. The molecule has 0 saturated heterocycles. The predicted molar refractivity (Wildman–Crippen MR) is 107 cm³/mol. The molecule has 0 aliphatic rings. The number of alkyl halides is 1. The number of rotatable bonds is 18. The molecule has 25 heavy (non-hydrogen) atoms. The minimum atomic E-state index is 0.578. The lowest BCUT2D eigenvalue weighted by atomic mass is 10.2. The molecule has 0 atom stereocenters. The van der Waals surface area contributed by atoms with E-state index < -0.39 is 0 Å². The van der Waals surface area contributed by atoms with E-state index in [-0.39, 0.29) is 0 Å².